The number of ether oxygens (including phenoxy) is 2. The summed E-state index contributed by atoms with van der Waals surface area (Å²) in [5, 5.41) is 16.4. The van der Waals surface area contributed by atoms with Gasteiger partial charge in [-0.3, -0.25) is 19.2 Å². The van der Waals surface area contributed by atoms with Crippen molar-refractivity contribution in [1.82, 2.24) is 64.5 Å². The summed E-state index contributed by atoms with van der Waals surface area (Å²) in [6.07, 6.45) is 9.27. The van der Waals surface area contributed by atoms with E-state index < -0.39 is 5.91 Å². The number of nitrogens with two attached hydrogens (primary N) is 3. The molecule has 6 heterocycles. The number of unbranched alkanes of at least 4 members (excludes halogenated alkanes) is 1. The van der Waals surface area contributed by atoms with Crippen LogP contribution in [0.25, 0.3) is 44.4 Å². The molecule has 24 heteroatoms. The fourth-order valence-corrected chi connectivity index (χ4v) is 8.75. The number of nitrogens with zero attached hydrogens (tertiary/aromatic N) is 12. The minimum absolute atomic E-state index is 0.0170. The maximum atomic E-state index is 13.9. The van der Waals surface area contributed by atoms with E-state index in [4.69, 9.17) is 41.3 Å². The van der Waals surface area contributed by atoms with Crippen molar-refractivity contribution in [2.45, 2.75) is 58.5 Å². The Morgan fingerprint density at radius 1 is 0.892 bits per heavy atom. The molecule has 1 aliphatic rings. The molecule has 0 aliphatic carbocycles. The molecule has 5 aromatic heterocycles. The number of nitrogens with one attached hydrogen (secondary N) is 2. The normalized spacial score (nSPS) is 14.0. The van der Waals surface area contributed by atoms with Gasteiger partial charge in [0.1, 0.15) is 42.1 Å². The third-order valence-corrected chi connectivity index (χ3v) is 13.0. The fourth-order valence-electron chi connectivity index (χ4n) is 8.75. The average molecular weight is 1010 g/mol. The molecule has 390 valence electrons. The highest BCUT2D eigenvalue weighted by molar-refractivity contribution is 6.13. The van der Waals surface area contributed by atoms with Crippen molar-refractivity contribution in [3.63, 3.8) is 0 Å². The number of benzene rings is 2. The Morgan fingerprint density at radius 2 is 1.66 bits per heavy atom. The first-order valence-electron chi connectivity index (χ1n) is 24.5. The Bertz CT molecular complexity index is 3200. The smallest absolute Gasteiger partial charge is 0.292 e. The number of carbonyl (C=O) groups excluding carboxylic acids is 4. The topological polar surface area (TPSA) is 312 Å². The molecule has 8 N–H and O–H groups in total. The van der Waals surface area contributed by atoms with Gasteiger partial charge < -0.3 is 56.4 Å². The first-order chi connectivity index (χ1) is 35.7. The molecule has 2 aromatic carbocycles. The van der Waals surface area contributed by atoms with Crippen LogP contribution < -0.4 is 27.8 Å². The lowest BCUT2D eigenvalue weighted by molar-refractivity contribution is -0.128. The van der Waals surface area contributed by atoms with Crippen LogP contribution in [-0.2, 0) is 36.8 Å². The molecule has 0 radical (unpaired) electrons. The number of aromatic nitrogens is 9. The summed E-state index contributed by atoms with van der Waals surface area (Å²) >= 11 is 0. The SMILES string of the molecule is Cc1c(CC(=O)N(C)C)ccc(NC(=O)c2nn([C@@H]3CCCN(C(=O)/C=C/CN(C)CCOCCOCC(=O)NCCCCn4nc(-c5ccc6oc(N)nc6c5)c5c(N)ncnc54)C3)c3ncnc(N)c23)c1C. The number of piperidine rings is 1. The number of carbonyl (C=O) groups is 4. The van der Waals surface area contributed by atoms with Crippen LogP contribution in [0.1, 0.15) is 58.9 Å². The molecule has 1 fully saturated rings. The summed E-state index contributed by atoms with van der Waals surface area (Å²) < 4.78 is 20.1. The second kappa shape index (κ2) is 23.6. The van der Waals surface area contributed by atoms with Crippen LogP contribution in [0.3, 0.4) is 0 Å². The van der Waals surface area contributed by atoms with E-state index in [1.165, 1.54) is 12.7 Å². The van der Waals surface area contributed by atoms with Crippen LogP contribution in [0.2, 0.25) is 0 Å². The van der Waals surface area contributed by atoms with Gasteiger partial charge in [0.25, 0.3) is 11.9 Å². The number of oxazole rings is 1. The van der Waals surface area contributed by atoms with Gasteiger partial charge in [0.15, 0.2) is 22.6 Å². The molecule has 0 bridgehead atoms. The third kappa shape index (κ3) is 12.2. The minimum atomic E-state index is -0.475. The van der Waals surface area contributed by atoms with Gasteiger partial charge in [-0.25, -0.2) is 29.3 Å². The molecule has 1 atom stereocenters. The number of hydrogen-bond acceptors (Lipinski definition) is 18. The van der Waals surface area contributed by atoms with Gasteiger partial charge in [0, 0.05) is 70.7 Å². The first kappa shape index (κ1) is 52.2. The first-order valence-corrected chi connectivity index (χ1v) is 24.5. The molecule has 4 amide bonds. The van der Waals surface area contributed by atoms with E-state index in [0.717, 1.165) is 35.1 Å². The molecule has 0 unspecified atom stereocenters. The lowest BCUT2D eigenvalue weighted by atomic mass is 9.98. The summed E-state index contributed by atoms with van der Waals surface area (Å²) in [5.41, 5.74) is 25.2. The van der Waals surface area contributed by atoms with Crippen molar-refractivity contribution < 1.29 is 33.1 Å². The van der Waals surface area contributed by atoms with Crippen molar-refractivity contribution in [1.29, 1.82) is 0 Å². The Morgan fingerprint density at radius 3 is 2.46 bits per heavy atom. The van der Waals surface area contributed by atoms with Crippen LogP contribution in [0, 0.1) is 13.8 Å². The molecule has 74 heavy (non-hydrogen) atoms. The quantitative estimate of drug-likeness (QED) is 0.0480. The molecule has 0 spiro atoms. The van der Waals surface area contributed by atoms with Crippen molar-refractivity contribution >= 4 is 80.1 Å². The number of anilines is 4. The standard InChI is InChI=1S/C50H63N17O7/c1-30-31(2)35(14-12-32(30)25-40(70)63(3)4)59-49(71)44-42-46(52)56-29-58-48(42)67(62-44)34-10-8-18-65(26-34)39(69)11-9-17-64(5)20-21-72-22-23-73-27-38(68)54-16-6-7-19-66-47-41(45(51)55-28-57-47)43(61-66)33-13-15-37-36(24-33)60-50(53)74-37/h9,11-15,24,28-29,34H,6-8,10,16-23,25-27H2,1-5H3,(H2,53,60)(H,54,68)(H,59,71)(H2,51,55,57)(H2,52,56,58)/b11-9+/t34-/m1/s1. The zero-order valence-corrected chi connectivity index (χ0v) is 42.3. The molecule has 24 nitrogen and oxygen atoms in total. The van der Waals surface area contributed by atoms with E-state index in [9.17, 15) is 19.2 Å². The Labute approximate surface area is 426 Å². The second-order valence-corrected chi connectivity index (χ2v) is 18.4. The molecular weight excluding hydrogens is 951 g/mol. The van der Waals surface area contributed by atoms with Crippen LogP contribution in [0.5, 0.6) is 0 Å². The maximum Gasteiger partial charge on any atom is 0.292 e. The number of fused-ring (bicyclic) bond motifs is 3. The van der Waals surface area contributed by atoms with Gasteiger partial charge in [-0.2, -0.15) is 15.2 Å². The van der Waals surface area contributed by atoms with E-state index in [1.807, 2.05) is 50.1 Å². The fraction of sp³-hybridized carbons (Fsp3) is 0.420. The summed E-state index contributed by atoms with van der Waals surface area (Å²) in [7, 11) is 5.37. The molecule has 0 saturated carbocycles. The van der Waals surface area contributed by atoms with Crippen LogP contribution in [0.4, 0.5) is 23.3 Å². The predicted molar refractivity (Wildman–Crippen MR) is 279 cm³/mol. The number of likely N-dealkylation sites (N-methyl/N-ethyl adjacent to an activating group) is 2. The van der Waals surface area contributed by atoms with Gasteiger partial charge in [0.2, 0.25) is 17.7 Å². The molecule has 7 aromatic rings. The zero-order chi connectivity index (χ0) is 52.5. The lowest BCUT2D eigenvalue weighted by Crippen LogP contribution is -2.40. The van der Waals surface area contributed by atoms with Crippen LogP contribution >= 0.6 is 0 Å². The lowest BCUT2D eigenvalue weighted by Gasteiger charge is -2.32. The van der Waals surface area contributed by atoms with E-state index in [2.05, 4.69) is 35.6 Å². The third-order valence-electron chi connectivity index (χ3n) is 13.0. The monoisotopic (exact) mass is 1010 g/mol. The van der Waals surface area contributed by atoms with Crippen molar-refractivity contribution in [3.8, 4) is 11.3 Å². The summed E-state index contributed by atoms with van der Waals surface area (Å²) in [5.74, 6) is -0.395. The number of nitrogen functional groups attached to an aromatic ring is 3. The van der Waals surface area contributed by atoms with Crippen LogP contribution in [-0.4, -0.2) is 163 Å². The number of hydrogen-bond donors (Lipinski definition) is 5. The number of likely N-dealkylation sites (tertiary alicyclic amines) is 1. The Balaban J connectivity index is 0.718. The summed E-state index contributed by atoms with van der Waals surface area (Å²) in [6, 6.07) is 8.93. The van der Waals surface area contributed by atoms with Crippen molar-refractivity contribution in [3.05, 3.63) is 77.5 Å². The van der Waals surface area contributed by atoms with E-state index >= 15 is 0 Å². The zero-order valence-electron chi connectivity index (χ0n) is 42.3. The molecule has 8 rings (SSSR count). The minimum Gasteiger partial charge on any atom is -0.424 e. The largest absolute Gasteiger partial charge is 0.424 e. The number of rotatable bonds is 22. The number of amides is 4. The molecule has 1 aliphatic heterocycles. The van der Waals surface area contributed by atoms with Crippen LogP contribution in [0.15, 0.2) is 59.6 Å². The van der Waals surface area contributed by atoms with Gasteiger partial charge >= 0.3 is 0 Å². The van der Waals surface area contributed by atoms with Gasteiger partial charge in [-0.1, -0.05) is 12.1 Å². The highest BCUT2D eigenvalue weighted by Crippen LogP contribution is 2.33. The summed E-state index contributed by atoms with van der Waals surface area (Å²) in [6.45, 7) is 7.87. The number of aryl methyl sites for hydroxylation is 1. The van der Waals surface area contributed by atoms with Crippen molar-refractivity contribution in [2.75, 3.05) is 103 Å². The van der Waals surface area contributed by atoms with E-state index in [1.54, 1.807) is 51.5 Å². The highest BCUT2D eigenvalue weighted by atomic mass is 16.5. The van der Waals surface area contributed by atoms with E-state index in [0.29, 0.717) is 116 Å². The average Bonchev–Trinajstić information content (AvgIpc) is 4.09. The Hall–Kier alpha value is -8.09. The van der Waals surface area contributed by atoms with Gasteiger partial charge in [0.05, 0.1) is 43.1 Å². The predicted octanol–water partition coefficient (Wildman–Crippen LogP) is 3.30. The van der Waals surface area contributed by atoms with Gasteiger partial charge in [-0.05, 0) is 87.5 Å². The molecular formula is C50H63N17O7. The highest BCUT2D eigenvalue weighted by Gasteiger charge is 2.30. The van der Waals surface area contributed by atoms with Crippen molar-refractivity contribution in [2.24, 2.45) is 0 Å². The Kier molecular flexibility index (Phi) is 16.7. The van der Waals surface area contributed by atoms with Gasteiger partial charge in [-0.15, -0.1) is 0 Å². The maximum absolute atomic E-state index is 13.9. The van der Waals surface area contributed by atoms with E-state index in [-0.39, 0.29) is 60.9 Å². The summed E-state index contributed by atoms with van der Waals surface area (Å²) in [4.78, 5) is 78.9. The second-order valence-electron chi connectivity index (χ2n) is 18.4. The molecule has 1 saturated heterocycles.